The molecule has 1 fully saturated rings. The van der Waals surface area contributed by atoms with Crippen molar-refractivity contribution in [1.29, 1.82) is 0 Å². The van der Waals surface area contributed by atoms with E-state index in [2.05, 4.69) is 41.4 Å². The second-order valence-corrected chi connectivity index (χ2v) is 4.56. The fourth-order valence-electron chi connectivity index (χ4n) is 1.68. The van der Waals surface area contributed by atoms with Crippen molar-refractivity contribution >= 4 is 33.6 Å². The van der Waals surface area contributed by atoms with Crippen molar-refractivity contribution in [1.82, 2.24) is 15.3 Å². The molecule has 1 aliphatic heterocycles. The Labute approximate surface area is 108 Å². The minimum absolute atomic E-state index is 0.0894. The number of amides is 1. The van der Waals surface area contributed by atoms with E-state index in [0.717, 1.165) is 16.8 Å². The SMILES string of the molecule is CNc1ncc(Br)c(N2CCNC(=O)CC2)n1. The molecule has 1 aromatic heterocycles. The van der Waals surface area contributed by atoms with Gasteiger partial charge in [0.2, 0.25) is 11.9 Å². The molecule has 7 heteroatoms. The number of anilines is 2. The molecule has 2 rings (SSSR count). The summed E-state index contributed by atoms with van der Waals surface area (Å²) in [5, 5.41) is 5.74. The van der Waals surface area contributed by atoms with Crippen molar-refractivity contribution in [3.05, 3.63) is 10.7 Å². The Morgan fingerprint density at radius 2 is 2.35 bits per heavy atom. The Kier molecular flexibility index (Phi) is 3.78. The van der Waals surface area contributed by atoms with Crippen LogP contribution in [0.2, 0.25) is 0 Å². The molecule has 0 aromatic carbocycles. The predicted octanol–water partition coefficient (Wildman–Crippen LogP) is 0.607. The Hall–Kier alpha value is -1.37. The van der Waals surface area contributed by atoms with Gasteiger partial charge in [0.05, 0.1) is 4.47 Å². The van der Waals surface area contributed by atoms with E-state index in [0.29, 0.717) is 25.5 Å². The fraction of sp³-hybridized carbons (Fsp3) is 0.500. The lowest BCUT2D eigenvalue weighted by Gasteiger charge is -2.21. The molecule has 1 saturated heterocycles. The Balaban J connectivity index is 2.22. The summed E-state index contributed by atoms with van der Waals surface area (Å²) < 4.78 is 0.839. The highest BCUT2D eigenvalue weighted by Crippen LogP contribution is 2.24. The van der Waals surface area contributed by atoms with Crippen LogP contribution in [0.3, 0.4) is 0 Å². The van der Waals surface area contributed by atoms with E-state index < -0.39 is 0 Å². The van der Waals surface area contributed by atoms with E-state index in [1.807, 2.05) is 0 Å². The average Bonchev–Trinajstić information content (AvgIpc) is 2.55. The summed E-state index contributed by atoms with van der Waals surface area (Å²) in [7, 11) is 1.78. The molecule has 2 N–H and O–H groups in total. The monoisotopic (exact) mass is 299 g/mol. The van der Waals surface area contributed by atoms with E-state index >= 15 is 0 Å². The normalized spacial score (nSPS) is 16.4. The maximum Gasteiger partial charge on any atom is 0.224 e. The molecule has 0 radical (unpaired) electrons. The lowest BCUT2D eigenvalue weighted by molar-refractivity contribution is -0.120. The molecule has 1 aliphatic rings. The molecule has 0 atom stereocenters. The van der Waals surface area contributed by atoms with Gasteiger partial charge in [0.1, 0.15) is 5.82 Å². The van der Waals surface area contributed by atoms with Gasteiger partial charge in [-0.25, -0.2) is 4.98 Å². The summed E-state index contributed by atoms with van der Waals surface area (Å²) >= 11 is 3.44. The number of nitrogens with zero attached hydrogens (tertiary/aromatic N) is 3. The van der Waals surface area contributed by atoms with E-state index in [1.54, 1.807) is 13.2 Å². The molecule has 1 aromatic rings. The van der Waals surface area contributed by atoms with Crippen LogP contribution in [0.4, 0.5) is 11.8 Å². The molecule has 0 unspecified atom stereocenters. The molecule has 17 heavy (non-hydrogen) atoms. The van der Waals surface area contributed by atoms with Crippen molar-refractivity contribution in [2.75, 3.05) is 36.9 Å². The van der Waals surface area contributed by atoms with Crippen molar-refractivity contribution in [3.8, 4) is 0 Å². The largest absolute Gasteiger partial charge is 0.357 e. The Morgan fingerprint density at radius 1 is 1.53 bits per heavy atom. The van der Waals surface area contributed by atoms with Gasteiger partial charge in [-0.1, -0.05) is 0 Å². The van der Waals surface area contributed by atoms with E-state index in [-0.39, 0.29) is 5.91 Å². The highest BCUT2D eigenvalue weighted by Gasteiger charge is 2.17. The highest BCUT2D eigenvalue weighted by atomic mass is 79.9. The Bertz CT molecular complexity index is 425. The number of carbonyl (C=O) groups excluding carboxylic acids is 1. The van der Waals surface area contributed by atoms with E-state index in [4.69, 9.17) is 0 Å². The zero-order valence-electron chi connectivity index (χ0n) is 9.53. The zero-order valence-corrected chi connectivity index (χ0v) is 11.1. The number of halogens is 1. The number of hydrogen-bond donors (Lipinski definition) is 2. The Morgan fingerprint density at radius 3 is 3.12 bits per heavy atom. The topological polar surface area (TPSA) is 70.2 Å². The minimum Gasteiger partial charge on any atom is -0.357 e. The molecule has 0 bridgehead atoms. The lowest BCUT2D eigenvalue weighted by atomic mass is 10.3. The summed E-state index contributed by atoms with van der Waals surface area (Å²) in [6.45, 7) is 2.07. The summed E-state index contributed by atoms with van der Waals surface area (Å²) in [6.07, 6.45) is 2.21. The van der Waals surface area contributed by atoms with Crippen molar-refractivity contribution < 1.29 is 4.79 Å². The molecule has 0 spiro atoms. The van der Waals surface area contributed by atoms with Gasteiger partial charge in [-0.2, -0.15) is 4.98 Å². The molecular weight excluding hydrogens is 286 g/mol. The maximum atomic E-state index is 11.3. The van der Waals surface area contributed by atoms with Gasteiger partial charge in [0.15, 0.2) is 0 Å². The minimum atomic E-state index is 0.0894. The molecule has 6 nitrogen and oxygen atoms in total. The third-order valence-corrected chi connectivity index (χ3v) is 3.12. The third kappa shape index (κ3) is 2.85. The summed E-state index contributed by atoms with van der Waals surface area (Å²) in [5.41, 5.74) is 0. The molecule has 0 saturated carbocycles. The van der Waals surface area contributed by atoms with E-state index in [1.165, 1.54) is 0 Å². The summed E-state index contributed by atoms with van der Waals surface area (Å²) in [4.78, 5) is 21.9. The second kappa shape index (κ2) is 5.31. The standard InChI is InChI=1S/C10H14BrN5O/c1-12-10-14-6-7(11)9(15-10)16-4-2-8(17)13-3-5-16/h6H,2-5H2,1H3,(H,13,17)(H,12,14,15). The molecule has 2 heterocycles. The fourth-order valence-corrected chi connectivity index (χ4v) is 2.12. The van der Waals surface area contributed by atoms with E-state index in [9.17, 15) is 4.79 Å². The third-order valence-electron chi connectivity index (χ3n) is 2.56. The molecule has 0 aliphatic carbocycles. The van der Waals surface area contributed by atoms with Crippen LogP contribution >= 0.6 is 15.9 Å². The summed E-state index contributed by atoms with van der Waals surface area (Å²) in [5.74, 6) is 1.49. The maximum absolute atomic E-state index is 11.3. The van der Waals surface area contributed by atoms with Crippen LogP contribution < -0.4 is 15.5 Å². The van der Waals surface area contributed by atoms with Gasteiger partial charge in [0.25, 0.3) is 0 Å². The van der Waals surface area contributed by atoms with Gasteiger partial charge >= 0.3 is 0 Å². The van der Waals surface area contributed by atoms with Gasteiger partial charge in [-0.15, -0.1) is 0 Å². The lowest BCUT2D eigenvalue weighted by Crippen LogP contribution is -2.29. The van der Waals surface area contributed by atoms with Crippen LogP contribution in [0, 0.1) is 0 Å². The first-order valence-corrected chi connectivity index (χ1v) is 6.22. The zero-order chi connectivity index (χ0) is 12.3. The van der Waals surface area contributed by atoms with Crippen LogP contribution in [0.5, 0.6) is 0 Å². The summed E-state index contributed by atoms with van der Waals surface area (Å²) in [6, 6.07) is 0. The molecular formula is C10H14BrN5O. The number of nitrogens with one attached hydrogen (secondary N) is 2. The van der Waals surface area contributed by atoms with Crippen LogP contribution in [0.15, 0.2) is 10.7 Å². The number of rotatable bonds is 2. The number of carbonyl (C=O) groups is 1. The molecule has 1 amide bonds. The van der Waals surface area contributed by atoms with Crippen LogP contribution in [-0.2, 0) is 4.79 Å². The van der Waals surface area contributed by atoms with Crippen LogP contribution in [0.25, 0.3) is 0 Å². The second-order valence-electron chi connectivity index (χ2n) is 3.70. The number of hydrogen-bond acceptors (Lipinski definition) is 5. The van der Waals surface area contributed by atoms with Crippen LogP contribution in [-0.4, -0.2) is 42.6 Å². The first-order chi connectivity index (χ1) is 8.20. The van der Waals surface area contributed by atoms with Crippen molar-refractivity contribution in [2.45, 2.75) is 6.42 Å². The van der Waals surface area contributed by atoms with Gasteiger partial charge < -0.3 is 15.5 Å². The first kappa shape index (κ1) is 12.1. The number of aromatic nitrogens is 2. The molecule has 92 valence electrons. The highest BCUT2D eigenvalue weighted by molar-refractivity contribution is 9.10. The predicted molar refractivity (Wildman–Crippen MR) is 69.1 cm³/mol. The van der Waals surface area contributed by atoms with Gasteiger partial charge in [0, 0.05) is 39.3 Å². The van der Waals surface area contributed by atoms with Crippen molar-refractivity contribution in [2.24, 2.45) is 0 Å². The smallest absolute Gasteiger partial charge is 0.224 e. The average molecular weight is 300 g/mol. The first-order valence-electron chi connectivity index (χ1n) is 5.42. The van der Waals surface area contributed by atoms with Gasteiger partial charge in [-0.05, 0) is 15.9 Å². The quantitative estimate of drug-likeness (QED) is 0.837. The van der Waals surface area contributed by atoms with Crippen LogP contribution in [0.1, 0.15) is 6.42 Å². The van der Waals surface area contributed by atoms with Gasteiger partial charge in [-0.3, -0.25) is 4.79 Å². The van der Waals surface area contributed by atoms with Crippen molar-refractivity contribution in [3.63, 3.8) is 0 Å².